The molecule has 0 aromatic carbocycles. The van der Waals surface area contributed by atoms with Crippen LogP contribution in [0.4, 0.5) is 24.8 Å². The van der Waals surface area contributed by atoms with E-state index >= 15 is 0 Å². The van der Waals surface area contributed by atoms with Crippen LogP contribution >= 0.6 is 0 Å². The number of nitrogens with two attached hydrogens (primary N) is 1. The third-order valence-corrected chi connectivity index (χ3v) is 3.28. The van der Waals surface area contributed by atoms with Gasteiger partial charge in [-0.15, -0.1) is 0 Å². The highest BCUT2D eigenvalue weighted by Gasteiger charge is 2.36. The van der Waals surface area contributed by atoms with Gasteiger partial charge in [-0.2, -0.15) is 13.2 Å². The number of hydrazine groups is 1. The number of piperidine rings is 1. The van der Waals surface area contributed by atoms with Crippen LogP contribution in [0.2, 0.25) is 0 Å². The fourth-order valence-electron chi connectivity index (χ4n) is 2.28. The predicted molar refractivity (Wildman–Crippen MR) is 71.7 cm³/mol. The number of halogens is 3. The Morgan fingerprint density at radius 3 is 2.57 bits per heavy atom. The van der Waals surface area contributed by atoms with Gasteiger partial charge >= 0.3 is 6.18 Å². The zero-order chi connectivity index (χ0) is 15.5. The molecule has 6 nitrogen and oxygen atoms in total. The Balaban J connectivity index is 2.16. The van der Waals surface area contributed by atoms with Gasteiger partial charge in [0.05, 0.1) is 6.10 Å². The first-order valence-corrected chi connectivity index (χ1v) is 6.73. The van der Waals surface area contributed by atoms with E-state index in [1.54, 1.807) is 4.90 Å². The second-order valence-corrected chi connectivity index (χ2v) is 4.72. The van der Waals surface area contributed by atoms with Crippen molar-refractivity contribution in [3.63, 3.8) is 0 Å². The van der Waals surface area contributed by atoms with Gasteiger partial charge in [-0.05, 0) is 19.8 Å². The Hall–Kier alpha value is -1.61. The van der Waals surface area contributed by atoms with Gasteiger partial charge in [-0.25, -0.2) is 15.8 Å². The summed E-state index contributed by atoms with van der Waals surface area (Å²) in [4.78, 5) is 8.72. The van der Waals surface area contributed by atoms with Crippen LogP contribution in [0.5, 0.6) is 0 Å². The normalized spacial score (nSPS) is 17.1. The number of nitrogens with zero attached hydrogens (tertiary/aromatic N) is 3. The molecule has 0 amide bonds. The molecule has 1 aliphatic rings. The minimum atomic E-state index is -4.61. The smallest absolute Gasteiger partial charge is 0.378 e. The molecule has 118 valence electrons. The van der Waals surface area contributed by atoms with Crippen molar-refractivity contribution in [1.82, 2.24) is 9.97 Å². The zero-order valence-corrected chi connectivity index (χ0v) is 11.7. The molecule has 2 heterocycles. The summed E-state index contributed by atoms with van der Waals surface area (Å²) in [6, 6.07) is 1.41. The lowest BCUT2D eigenvalue weighted by Crippen LogP contribution is -2.38. The molecule has 1 aromatic heterocycles. The fraction of sp³-hybridized carbons (Fsp3) is 0.667. The summed E-state index contributed by atoms with van der Waals surface area (Å²) in [5.74, 6) is 4.15. The Morgan fingerprint density at radius 2 is 2.05 bits per heavy atom. The highest BCUT2D eigenvalue weighted by Crippen LogP contribution is 2.30. The minimum absolute atomic E-state index is 0.0562. The molecule has 1 aromatic rings. The van der Waals surface area contributed by atoms with Crippen molar-refractivity contribution in [3.05, 3.63) is 11.9 Å². The van der Waals surface area contributed by atoms with Gasteiger partial charge in [0, 0.05) is 25.8 Å². The maximum atomic E-state index is 12.8. The van der Waals surface area contributed by atoms with Crippen molar-refractivity contribution < 1.29 is 17.9 Å². The van der Waals surface area contributed by atoms with E-state index in [1.807, 2.05) is 6.92 Å². The first kappa shape index (κ1) is 15.8. The van der Waals surface area contributed by atoms with Gasteiger partial charge in [0.15, 0.2) is 0 Å². The van der Waals surface area contributed by atoms with Gasteiger partial charge in [0.25, 0.3) is 0 Å². The molecule has 0 atom stereocenters. The summed E-state index contributed by atoms with van der Waals surface area (Å²) >= 11 is 0. The quantitative estimate of drug-likeness (QED) is 0.652. The van der Waals surface area contributed by atoms with Crippen LogP contribution in [-0.2, 0) is 10.9 Å². The summed E-state index contributed by atoms with van der Waals surface area (Å²) in [5.41, 5.74) is 2.15. The van der Waals surface area contributed by atoms with Crippen LogP contribution in [0, 0.1) is 0 Å². The van der Waals surface area contributed by atoms with Gasteiger partial charge in [0.1, 0.15) is 11.6 Å². The molecular formula is C12H18F3N5O. The molecule has 2 rings (SSSR count). The largest absolute Gasteiger partial charge is 0.451 e. The van der Waals surface area contributed by atoms with E-state index in [9.17, 15) is 13.2 Å². The van der Waals surface area contributed by atoms with Gasteiger partial charge in [-0.1, -0.05) is 0 Å². The lowest BCUT2D eigenvalue weighted by Gasteiger charge is -2.32. The van der Waals surface area contributed by atoms with Crippen LogP contribution < -0.4 is 16.2 Å². The molecule has 0 aliphatic carbocycles. The number of rotatable bonds is 4. The number of nitrogens with one attached hydrogen (secondary N) is 1. The van der Waals surface area contributed by atoms with Crippen molar-refractivity contribution >= 4 is 11.6 Å². The lowest BCUT2D eigenvalue weighted by molar-refractivity contribution is -0.144. The summed E-state index contributed by atoms with van der Waals surface area (Å²) in [6.45, 7) is 3.73. The summed E-state index contributed by atoms with van der Waals surface area (Å²) in [7, 11) is 0. The van der Waals surface area contributed by atoms with Gasteiger partial charge in [-0.3, -0.25) is 0 Å². The number of hydrogen-bond acceptors (Lipinski definition) is 6. The van der Waals surface area contributed by atoms with Crippen molar-refractivity contribution in [2.24, 2.45) is 5.84 Å². The summed E-state index contributed by atoms with van der Waals surface area (Å²) < 4.78 is 43.9. The second-order valence-electron chi connectivity index (χ2n) is 4.72. The Morgan fingerprint density at radius 1 is 1.38 bits per heavy atom. The van der Waals surface area contributed by atoms with Crippen molar-refractivity contribution in [1.29, 1.82) is 0 Å². The molecule has 0 bridgehead atoms. The Bertz CT molecular complexity index is 474. The molecule has 9 heteroatoms. The molecule has 21 heavy (non-hydrogen) atoms. The number of ether oxygens (including phenoxy) is 1. The zero-order valence-electron chi connectivity index (χ0n) is 11.7. The molecular weight excluding hydrogens is 287 g/mol. The molecule has 1 saturated heterocycles. The van der Waals surface area contributed by atoms with Crippen LogP contribution in [0.1, 0.15) is 25.6 Å². The fourth-order valence-corrected chi connectivity index (χ4v) is 2.28. The minimum Gasteiger partial charge on any atom is -0.378 e. The molecule has 1 aliphatic heterocycles. The van der Waals surface area contributed by atoms with Crippen LogP contribution in [0.25, 0.3) is 0 Å². The summed E-state index contributed by atoms with van der Waals surface area (Å²) in [5, 5.41) is 0. The highest BCUT2D eigenvalue weighted by atomic mass is 19.4. The SMILES string of the molecule is CCOC1CCN(c2cc(NN)nc(C(F)(F)F)n2)CC1. The van der Waals surface area contributed by atoms with Crippen molar-refractivity contribution in [2.75, 3.05) is 30.0 Å². The second kappa shape index (κ2) is 6.44. The van der Waals surface area contributed by atoms with E-state index in [0.29, 0.717) is 19.7 Å². The van der Waals surface area contributed by atoms with E-state index in [1.165, 1.54) is 6.07 Å². The van der Waals surface area contributed by atoms with E-state index in [0.717, 1.165) is 12.8 Å². The van der Waals surface area contributed by atoms with Crippen LogP contribution in [-0.4, -0.2) is 35.8 Å². The van der Waals surface area contributed by atoms with Crippen molar-refractivity contribution in [2.45, 2.75) is 32.0 Å². The Kier molecular flexibility index (Phi) is 4.84. The van der Waals surface area contributed by atoms with Crippen molar-refractivity contribution in [3.8, 4) is 0 Å². The van der Waals surface area contributed by atoms with Crippen LogP contribution in [0.15, 0.2) is 6.07 Å². The monoisotopic (exact) mass is 305 g/mol. The van der Waals surface area contributed by atoms with Crippen LogP contribution in [0.3, 0.4) is 0 Å². The van der Waals surface area contributed by atoms with E-state index < -0.39 is 12.0 Å². The van der Waals surface area contributed by atoms with E-state index in [4.69, 9.17) is 10.6 Å². The third-order valence-electron chi connectivity index (χ3n) is 3.28. The average Bonchev–Trinajstić information content (AvgIpc) is 2.47. The number of alkyl halides is 3. The average molecular weight is 305 g/mol. The molecule has 3 N–H and O–H groups in total. The van der Waals surface area contributed by atoms with Gasteiger partial charge in [0.2, 0.25) is 5.82 Å². The lowest BCUT2D eigenvalue weighted by atomic mass is 10.1. The highest BCUT2D eigenvalue weighted by molar-refractivity contribution is 5.49. The number of aromatic nitrogens is 2. The first-order chi connectivity index (χ1) is 9.94. The molecule has 0 radical (unpaired) electrons. The maximum absolute atomic E-state index is 12.8. The van der Waals surface area contributed by atoms with E-state index in [-0.39, 0.29) is 17.7 Å². The first-order valence-electron chi connectivity index (χ1n) is 6.73. The molecule has 1 fully saturated rings. The molecule has 0 saturated carbocycles. The number of nitrogen functional groups attached to an aromatic ring is 1. The molecule has 0 unspecified atom stereocenters. The third kappa shape index (κ3) is 3.94. The molecule has 0 spiro atoms. The standard InChI is InChI=1S/C12H18F3N5O/c1-2-21-8-3-5-20(6-4-8)10-7-9(19-16)17-11(18-10)12(13,14)15/h7-8H,2-6,16H2,1H3,(H,17,18,19). The number of hydrogen-bond donors (Lipinski definition) is 2. The number of anilines is 2. The topological polar surface area (TPSA) is 76.3 Å². The van der Waals surface area contributed by atoms with Gasteiger partial charge < -0.3 is 15.1 Å². The maximum Gasteiger partial charge on any atom is 0.451 e. The van der Waals surface area contributed by atoms with E-state index in [2.05, 4.69) is 15.4 Å². The summed E-state index contributed by atoms with van der Waals surface area (Å²) in [6.07, 6.45) is -2.94. The predicted octanol–water partition coefficient (Wildman–Crippen LogP) is 1.79. The Labute approximate surface area is 120 Å².